The summed E-state index contributed by atoms with van der Waals surface area (Å²) in [6, 6.07) is 5.79. The number of carboxylic acids is 2. The van der Waals surface area contributed by atoms with Gasteiger partial charge in [0.2, 0.25) is 5.95 Å². The van der Waals surface area contributed by atoms with E-state index in [0.29, 0.717) is 29.4 Å². The second kappa shape index (κ2) is 9.77. The topological polar surface area (TPSA) is 197 Å². The fourth-order valence-corrected chi connectivity index (χ4v) is 3.41. The van der Waals surface area contributed by atoms with Crippen LogP contribution in [-0.4, -0.2) is 38.8 Å². The van der Waals surface area contributed by atoms with Crippen LogP contribution in [0.5, 0.6) is 0 Å². The molecule has 3 rings (SSSR count). The number of aryl methyl sites for hydroxylation is 2. The van der Waals surface area contributed by atoms with Crippen molar-refractivity contribution in [3.05, 3.63) is 57.5 Å². The van der Waals surface area contributed by atoms with Crippen molar-refractivity contribution in [1.29, 1.82) is 0 Å². The van der Waals surface area contributed by atoms with Gasteiger partial charge in [-0.3, -0.25) is 14.6 Å². The van der Waals surface area contributed by atoms with E-state index in [-0.39, 0.29) is 24.3 Å². The number of hydrogen-bond donors (Lipinski definition) is 4. The van der Waals surface area contributed by atoms with Gasteiger partial charge in [-0.1, -0.05) is 12.1 Å². The Morgan fingerprint density at radius 1 is 1.09 bits per heavy atom. The van der Waals surface area contributed by atoms with Crippen molar-refractivity contribution in [1.82, 2.24) is 20.3 Å². The molecule has 0 spiro atoms. The first kappa shape index (κ1) is 22.5. The molecule has 0 fully saturated rings. The van der Waals surface area contributed by atoms with E-state index in [0.717, 1.165) is 11.1 Å². The Bertz CT molecular complexity index is 1200. The Hall–Kier alpha value is -4.15. The first-order valence-electron chi connectivity index (χ1n) is 9.88. The number of benzene rings is 1. The molecule has 0 saturated carbocycles. The molecule has 1 aromatic carbocycles. The van der Waals surface area contributed by atoms with Gasteiger partial charge in [0, 0.05) is 36.2 Å². The van der Waals surface area contributed by atoms with Crippen LogP contribution >= 0.6 is 0 Å². The summed E-state index contributed by atoms with van der Waals surface area (Å²) in [5.74, 6) is -3.21. The zero-order valence-corrected chi connectivity index (χ0v) is 17.0. The van der Waals surface area contributed by atoms with E-state index in [1.54, 1.807) is 30.5 Å². The van der Waals surface area contributed by atoms with Crippen molar-refractivity contribution in [2.24, 2.45) is 0 Å². The number of nitrogen functional groups attached to an aromatic ring is 1. The molecule has 11 heteroatoms. The highest BCUT2D eigenvalue weighted by Crippen LogP contribution is 2.16. The van der Waals surface area contributed by atoms with Crippen LogP contribution < -0.4 is 26.8 Å². The van der Waals surface area contributed by atoms with Crippen LogP contribution in [0.2, 0.25) is 0 Å². The molecule has 32 heavy (non-hydrogen) atoms. The molecular weight excluding hydrogens is 418 g/mol. The summed E-state index contributed by atoms with van der Waals surface area (Å²) in [6.45, 7) is 0. The van der Waals surface area contributed by atoms with Gasteiger partial charge in [-0.05, 0) is 48.9 Å². The van der Waals surface area contributed by atoms with E-state index in [2.05, 4.69) is 20.3 Å². The maximum Gasteiger partial charge on any atom is 0.262 e. The van der Waals surface area contributed by atoms with Crippen LogP contribution in [0.4, 0.5) is 5.95 Å². The SMILES string of the molecule is Nc1nc2[nH]cc(CCc3ccc(C(=O)N[C@@H](CCC(=O)[O-])CC(=O)[O-])cc3)c2c(=O)[nH]1. The van der Waals surface area contributed by atoms with Crippen LogP contribution in [0.15, 0.2) is 35.3 Å². The van der Waals surface area contributed by atoms with Crippen molar-refractivity contribution in [2.75, 3.05) is 5.73 Å². The van der Waals surface area contributed by atoms with Gasteiger partial charge in [0.15, 0.2) is 0 Å². The molecule has 0 radical (unpaired) electrons. The quantitative estimate of drug-likeness (QED) is 0.289. The lowest BCUT2D eigenvalue weighted by Gasteiger charge is -2.19. The number of hydrogen-bond acceptors (Lipinski definition) is 8. The second-order valence-electron chi connectivity index (χ2n) is 7.34. The maximum atomic E-state index is 12.4. The molecule has 11 nitrogen and oxygen atoms in total. The molecular formula is C21H21N5O6-2. The number of aliphatic carboxylic acids is 2. The molecule has 3 aromatic rings. The number of amides is 1. The van der Waals surface area contributed by atoms with E-state index >= 15 is 0 Å². The third-order valence-corrected chi connectivity index (χ3v) is 4.99. The van der Waals surface area contributed by atoms with Gasteiger partial charge < -0.3 is 35.8 Å². The summed E-state index contributed by atoms with van der Waals surface area (Å²) in [7, 11) is 0. The van der Waals surface area contributed by atoms with Crippen LogP contribution in [0.1, 0.15) is 40.7 Å². The Morgan fingerprint density at radius 2 is 1.81 bits per heavy atom. The van der Waals surface area contributed by atoms with Gasteiger partial charge in [0.1, 0.15) is 5.65 Å². The minimum atomic E-state index is -1.39. The zero-order valence-electron chi connectivity index (χ0n) is 17.0. The van der Waals surface area contributed by atoms with E-state index in [1.165, 1.54) is 0 Å². The number of nitrogens with one attached hydrogen (secondary N) is 3. The number of carboxylic acid groups (broad SMARTS) is 2. The summed E-state index contributed by atoms with van der Waals surface area (Å²) >= 11 is 0. The van der Waals surface area contributed by atoms with Crippen molar-refractivity contribution in [3.63, 3.8) is 0 Å². The standard InChI is InChI=1S/C21H23N5O6/c22-21-25-18-17(20(32)26-21)13(10-23-18)6-3-11-1-4-12(5-2-11)19(31)24-14(9-16(29)30)7-8-15(27)28/h1-2,4-5,10,14H,3,6-9H2,(H,24,31)(H,27,28)(H,29,30)(H4,22,23,25,26,32)/p-2/t14-/m0/s1. The number of aromatic amines is 2. The van der Waals surface area contributed by atoms with Crippen LogP contribution in [-0.2, 0) is 22.4 Å². The van der Waals surface area contributed by atoms with Gasteiger partial charge in [0.05, 0.1) is 5.39 Å². The van der Waals surface area contributed by atoms with E-state index in [1.807, 2.05) is 0 Å². The Balaban J connectivity index is 1.63. The van der Waals surface area contributed by atoms with Gasteiger partial charge in [-0.25, -0.2) is 0 Å². The first-order valence-corrected chi connectivity index (χ1v) is 9.88. The van der Waals surface area contributed by atoms with E-state index in [9.17, 15) is 29.4 Å². The molecule has 1 amide bonds. The lowest BCUT2D eigenvalue weighted by molar-refractivity contribution is -0.309. The summed E-state index contributed by atoms with van der Waals surface area (Å²) < 4.78 is 0. The minimum Gasteiger partial charge on any atom is -0.550 e. The second-order valence-corrected chi connectivity index (χ2v) is 7.34. The summed E-state index contributed by atoms with van der Waals surface area (Å²) in [5, 5.41) is 24.4. The number of rotatable bonds is 10. The first-order chi connectivity index (χ1) is 15.2. The smallest absolute Gasteiger partial charge is 0.262 e. The van der Waals surface area contributed by atoms with Gasteiger partial charge in [-0.2, -0.15) is 4.98 Å². The zero-order chi connectivity index (χ0) is 23.3. The van der Waals surface area contributed by atoms with Crippen molar-refractivity contribution >= 4 is 34.8 Å². The highest BCUT2D eigenvalue weighted by atomic mass is 16.4. The average molecular weight is 439 g/mol. The van der Waals surface area contributed by atoms with Crippen molar-refractivity contribution in [3.8, 4) is 0 Å². The minimum absolute atomic E-state index is 0.0336. The van der Waals surface area contributed by atoms with E-state index < -0.39 is 30.3 Å². The molecule has 1 atom stereocenters. The number of aromatic nitrogens is 3. The lowest BCUT2D eigenvalue weighted by atomic mass is 10.0. The highest BCUT2D eigenvalue weighted by Gasteiger charge is 2.15. The van der Waals surface area contributed by atoms with Gasteiger partial charge in [-0.15, -0.1) is 0 Å². The Morgan fingerprint density at radius 3 is 2.47 bits per heavy atom. The fraction of sp³-hybridized carbons (Fsp3) is 0.286. The van der Waals surface area contributed by atoms with Crippen molar-refractivity contribution < 1.29 is 24.6 Å². The number of carbonyl (C=O) groups is 3. The summed E-state index contributed by atoms with van der Waals surface area (Å²) in [4.78, 5) is 55.5. The number of carbonyl (C=O) groups excluding carboxylic acids is 3. The maximum absolute atomic E-state index is 12.4. The Kier molecular flexibility index (Phi) is 6.88. The third-order valence-electron chi connectivity index (χ3n) is 4.99. The van der Waals surface area contributed by atoms with E-state index in [4.69, 9.17) is 5.73 Å². The van der Waals surface area contributed by atoms with Gasteiger partial charge >= 0.3 is 0 Å². The lowest BCUT2D eigenvalue weighted by Crippen LogP contribution is -2.40. The summed E-state index contributed by atoms with van der Waals surface area (Å²) in [6.07, 6.45) is 1.90. The molecule has 168 valence electrons. The van der Waals surface area contributed by atoms with Crippen LogP contribution in [0, 0.1) is 0 Å². The fourth-order valence-electron chi connectivity index (χ4n) is 3.41. The van der Waals surface area contributed by atoms with Crippen molar-refractivity contribution in [2.45, 2.75) is 38.1 Å². The molecule has 0 aliphatic carbocycles. The van der Waals surface area contributed by atoms with Crippen LogP contribution in [0.25, 0.3) is 11.0 Å². The monoisotopic (exact) mass is 439 g/mol. The summed E-state index contributed by atoms with van der Waals surface area (Å²) in [5.41, 5.74) is 7.64. The molecule has 0 aliphatic rings. The average Bonchev–Trinajstić information content (AvgIpc) is 3.13. The number of nitrogens with zero attached hydrogens (tertiary/aromatic N) is 1. The molecule has 2 aromatic heterocycles. The predicted octanol–water partition coefficient (Wildman–Crippen LogP) is -1.61. The normalized spacial score (nSPS) is 11.9. The number of H-pyrrole nitrogens is 2. The molecule has 5 N–H and O–H groups in total. The molecule has 0 saturated heterocycles. The molecule has 0 aliphatic heterocycles. The number of fused-ring (bicyclic) bond motifs is 1. The molecule has 0 unspecified atom stereocenters. The largest absolute Gasteiger partial charge is 0.550 e. The number of anilines is 1. The van der Waals surface area contributed by atoms with Gasteiger partial charge in [0.25, 0.3) is 11.5 Å². The highest BCUT2D eigenvalue weighted by molar-refractivity contribution is 5.94. The molecule has 2 heterocycles. The Labute approximate surface area is 181 Å². The van der Waals surface area contributed by atoms with Crippen LogP contribution in [0.3, 0.4) is 0 Å². The third kappa shape index (κ3) is 5.72. The number of nitrogens with two attached hydrogens (primary N) is 1. The predicted molar refractivity (Wildman–Crippen MR) is 110 cm³/mol. The molecule has 0 bridgehead atoms.